The van der Waals surface area contributed by atoms with Crippen LogP contribution in [0.2, 0.25) is 0 Å². The largest absolute Gasteiger partial charge is 0.486 e. The summed E-state index contributed by atoms with van der Waals surface area (Å²) < 4.78 is 46.9. The van der Waals surface area contributed by atoms with Gasteiger partial charge in [-0.2, -0.15) is 13.2 Å². The second-order valence-electron chi connectivity index (χ2n) is 8.38. The number of benzene rings is 1. The van der Waals surface area contributed by atoms with E-state index >= 15 is 0 Å². The molecule has 7 nitrogen and oxygen atoms in total. The number of hydrogen-bond acceptors (Lipinski definition) is 5. The Kier molecular flexibility index (Phi) is 5.85. The normalized spacial score (nSPS) is 17.4. The van der Waals surface area contributed by atoms with E-state index in [0.29, 0.717) is 24.6 Å². The average Bonchev–Trinajstić information content (AvgIpc) is 3.18. The van der Waals surface area contributed by atoms with E-state index in [1.807, 2.05) is 0 Å². The number of nitrogens with one attached hydrogen (secondary N) is 1. The Balaban J connectivity index is 1.61. The number of fused-ring (bicyclic) bond motifs is 1. The Morgan fingerprint density at radius 2 is 1.94 bits per heavy atom. The van der Waals surface area contributed by atoms with Crippen molar-refractivity contribution in [3.63, 3.8) is 0 Å². The number of aryl methyl sites for hydroxylation is 1. The molecule has 33 heavy (non-hydrogen) atoms. The first kappa shape index (κ1) is 22.8. The van der Waals surface area contributed by atoms with Crippen LogP contribution < -0.4 is 10.3 Å². The highest BCUT2D eigenvalue weighted by Crippen LogP contribution is 2.36. The fourth-order valence-corrected chi connectivity index (χ4v) is 3.97. The van der Waals surface area contributed by atoms with Crippen LogP contribution in [0.3, 0.4) is 0 Å². The van der Waals surface area contributed by atoms with Crippen LogP contribution in [0.4, 0.5) is 13.2 Å². The van der Waals surface area contributed by atoms with Crippen molar-refractivity contribution in [2.45, 2.75) is 39.5 Å². The number of carbonyl (C=O) groups excluding carboxylic acids is 1. The van der Waals surface area contributed by atoms with E-state index in [-0.39, 0.29) is 34.1 Å². The van der Waals surface area contributed by atoms with Crippen LogP contribution in [0.25, 0.3) is 11.0 Å². The van der Waals surface area contributed by atoms with Gasteiger partial charge in [-0.3, -0.25) is 9.59 Å². The number of ether oxygens (including phenoxy) is 1. The highest BCUT2D eigenvalue weighted by Gasteiger charge is 2.38. The van der Waals surface area contributed by atoms with Gasteiger partial charge in [-0.25, -0.2) is 9.97 Å². The van der Waals surface area contributed by atoms with Gasteiger partial charge in [0, 0.05) is 24.2 Å². The highest BCUT2D eigenvalue weighted by atomic mass is 19.4. The molecule has 3 aromatic rings. The molecule has 1 saturated heterocycles. The van der Waals surface area contributed by atoms with Crippen molar-refractivity contribution in [1.82, 2.24) is 19.9 Å². The van der Waals surface area contributed by atoms with E-state index in [9.17, 15) is 22.8 Å². The highest BCUT2D eigenvalue weighted by molar-refractivity contribution is 5.94. The number of H-pyrrole nitrogens is 1. The molecule has 1 aliphatic heterocycles. The van der Waals surface area contributed by atoms with Gasteiger partial charge in [-0.15, -0.1) is 0 Å². The molecule has 2 unspecified atom stereocenters. The maximum Gasteiger partial charge on any atom is 0.433 e. The Morgan fingerprint density at radius 3 is 2.55 bits per heavy atom. The third-order valence-corrected chi connectivity index (χ3v) is 5.68. The molecule has 3 heterocycles. The van der Waals surface area contributed by atoms with E-state index in [2.05, 4.69) is 21.9 Å². The first-order valence-corrected chi connectivity index (χ1v) is 10.6. The van der Waals surface area contributed by atoms with Gasteiger partial charge in [0.2, 0.25) is 0 Å². The van der Waals surface area contributed by atoms with Gasteiger partial charge in [-0.1, -0.05) is 6.92 Å². The molecule has 1 fully saturated rings. The second-order valence-corrected chi connectivity index (χ2v) is 8.38. The number of nitrogens with zero attached hydrogens (tertiary/aromatic N) is 3. The molecule has 1 aromatic carbocycles. The maximum atomic E-state index is 13.7. The molecular formula is C23H23F3N4O3. The Labute approximate surface area is 187 Å². The molecule has 1 N–H and O–H groups in total. The van der Waals surface area contributed by atoms with Gasteiger partial charge in [0.15, 0.2) is 11.3 Å². The summed E-state index contributed by atoms with van der Waals surface area (Å²) in [6.45, 7) is 6.41. The number of hydrogen-bond donors (Lipinski definition) is 1. The van der Waals surface area contributed by atoms with Crippen LogP contribution in [0, 0.1) is 12.8 Å². The van der Waals surface area contributed by atoms with Crippen molar-refractivity contribution < 1.29 is 22.7 Å². The van der Waals surface area contributed by atoms with E-state index in [1.54, 1.807) is 29.2 Å². The summed E-state index contributed by atoms with van der Waals surface area (Å²) in [5.41, 5.74) is -1.81. The molecular weight excluding hydrogens is 437 g/mol. The lowest BCUT2D eigenvalue weighted by Crippen LogP contribution is -2.28. The van der Waals surface area contributed by atoms with Crippen molar-refractivity contribution in [2.24, 2.45) is 5.92 Å². The van der Waals surface area contributed by atoms with Crippen molar-refractivity contribution in [3.05, 3.63) is 63.3 Å². The van der Waals surface area contributed by atoms with Gasteiger partial charge >= 0.3 is 6.18 Å². The van der Waals surface area contributed by atoms with Crippen molar-refractivity contribution in [2.75, 3.05) is 13.1 Å². The summed E-state index contributed by atoms with van der Waals surface area (Å²) >= 11 is 0. The Hall–Kier alpha value is -3.43. The van der Waals surface area contributed by atoms with Crippen molar-refractivity contribution >= 4 is 16.9 Å². The van der Waals surface area contributed by atoms with Gasteiger partial charge in [-0.05, 0) is 56.5 Å². The number of halogens is 3. The predicted octanol–water partition coefficient (Wildman–Crippen LogP) is 4.27. The van der Waals surface area contributed by atoms with Gasteiger partial charge in [0.05, 0.1) is 5.39 Å². The summed E-state index contributed by atoms with van der Waals surface area (Å²) in [6, 6.07) is 7.39. The lowest BCUT2D eigenvalue weighted by molar-refractivity contribution is -0.142. The van der Waals surface area contributed by atoms with E-state index in [4.69, 9.17) is 4.74 Å². The zero-order valence-corrected chi connectivity index (χ0v) is 18.4. The Bertz CT molecular complexity index is 1250. The lowest BCUT2D eigenvalue weighted by Gasteiger charge is -2.20. The van der Waals surface area contributed by atoms with Crippen LogP contribution in [-0.2, 0) is 6.18 Å². The lowest BCUT2D eigenvalue weighted by atomic mass is 10.1. The fraction of sp³-hybridized carbons (Fsp3) is 0.391. The number of carbonyl (C=O) groups is 1. The van der Waals surface area contributed by atoms with E-state index in [0.717, 1.165) is 12.5 Å². The molecule has 0 bridgehead atoms. The maximum absolute atomic E-state index is 13.7. The van der Waals surface area contributed by atoms with Crippen LogP contribution in [0.15, 0.2) is 35.1 Å². The average molecular weight is 460 g/mol. The standard InChI is InChI=1S/C23H23F3N4O3/c1-12-8-9-30(11-12)22(32)15-4-6-16(7-5-15)33-13(2)17-10-18-20(27-14(3)28-21(18)31)29-19(17)23(24,25)26/h4-7,10,12-13H,8-9,11H2,1-3H3,(H,27,28,29,31). The second kappa shape index (κ2) is 8.49. The monoisotopic (exact) mass is 460 g/mol. The summed E-state index contributed by atoms with van der Waals surface area (Å²) in [5, 5.41) is -0.0557. The summed E-state index contributed by atoms with van der Waals surface area (Å²) in [7, 11) is 0. The molecule has 10 heteroatoms. The molecule has 0 aliphatic carbocycles. The fourth-order valence-electron chi connectivity index (χ4n) is 3.97. The number of rotatable bonds is 4. The third-order valence-electron chi connectivity index (χ3n) is 5.68. The Morgan fingerprint density at radius 1 is 1.24 bits per heavy atom. The van der Waals surface area contributed by atoms with E-state index < -0.39 is 23.5 Å². The number of pyridine rings is 1. The SMILES string of the molecule is Cc1nc2nc(C(F)(F)F)c(C(C)Oc3ccc(C(=O)N4CCC(C)C4)cc3)cc2c(=O)[nH]1. The van der Waals surface area contributed by atoms with Crippen molar-refractivity contribution in [3.8, 4) is 5.75 Å². The summed E-state index contributed by atoms with van der Waals surface area (Å²) in [6.07, 6.45) is -4.87. The molecule has 0 radical (unpaired) electrons. The number of likely N-dealkylation sites (tertiary alicyclic amines) is 1. The molecule has 1 amide bonds. The number of aromatic nitrogens is 3. The zero-order chi connectivity index (χ0) is 23.9. The van der Waals surface area contributed by atoms with Gasteiger partial charge < -0.3 is 14.6 Å². The molecule has 2 atom stereocenters. The van der Waals surface area contributed by atoms with Crippen LogP contribution in [0.1, 0.15) is 53.8 Å². The van der Waals surface area contributed by atoms with Crippen LogP contribution in [-0.4, -0.2) is 38.8 Å². The molecule has 0 saturated carbocycles. The number of alkyl halides is 3. The van der Waals surface area contributed by atoms with Gasteiger partial charge in [0.25, 0.3) is 11.5 Å². The van der Waals surface area contributed by atoms with Crippen molar-refractivity contribution in [1.29, 1.82) is 0 Å². The number of amides is 1. The molecule has 2 aromatic heterocycles. The predicted molar refractivity (Wildman–Crippen MR) is 115 cm³/mol. The minimum atomic E-state index is -4.76. The number of aromatic amines is 1. The summed E-state index contributed by atoms with van der Waals surface area (Å²) in [4.78, 5) is 36.6. The van der Waals surface area contributed by atoms with Gasteiger partial charge in [0.1, 0.15) is 17.7 Å². The first-order valence-electron chi connectivity index (χ1n) is 10.6. The minimum Gasteiger partial charge on any atom is -0.486 e. The summed E-state index contributed by atoms with van der Waals surface area (Å²) in [5.74, 6) is 0.836. The quantitative estimate of drug-likeness (QED) is 0.628. The van der Waals surface area contributed by atoms with Crippen LogP contribution in [0.5, 0.6) is 5.75 Å². The van der Waals surface area contributed by atoms with Crippen LogP contribution >= 0.6 is 0 Å². The minimum absolute atomic E-state index is 0.0557. The zero-order valence-electron chi connectivity index (χ0n) is 18.4. The molecule has 174 valence electrons. The van der Waals surface area contributed by atoms with E-state index in [1.165, 1.54) is 13.8 Å². The molecule has 4 rings (SSSR count). The topological polar surface area (TPSA) is 88.2 Å². The molecule has 1 aliphatic rings. The third kappa shape index (κ3) is 4.69. The molecule has 0 spiro atoms. The first-order chi connectivity index (χ1) is 15.5. The smallest absolute Gasteiger partial charge is 0.433 e.